The highest BCUT2D eigenvalue weighted by molar-refractivity contribution is 14.1. The van der Waals surface area contributed by atoms with Crippen molar-refractivity contribution in [1.29, 1.82) is 0 Å². The normalized spacial score (nSPS) is 11.2. The van der Waals surface area contributed by atoms with E-state index in [-0.39, 0.29) is 12.3 Å². The summed E-state index contributed by atoms with van der Waals surface area (Å²) >= 11 is 2.06. The molecule has 0 bridgehead atoms. The number of rotatable bonds is 6. The smallest absolute Gasteiger partial charge is 0.355 e. The van der Waals surface area contributed by atoms with E-state index in [1.54, 1.807) is 42.5 Å². The summed E-state index contributed by atoms with van der Waals surface area (Å²) in [6.45, 7) is -0.0416. The highest BCUT2D eigenvalue weighted by Crippen LogP contribution is 2.14. The van der Waals surface area contributed by atoms with Crippen LogP contribution in [-0.4, -0.2) is 11.9 Å². The molecule has 0 atom stereocenters. The fourth-order valence-electron chi connectivity index (χ4n) is 2.11. The van der Waals surface area contributed by atoms with E-state index in [9.17, 15) is 9.59 Å². The number of nitrogens with one attached hydrogen (secondary N) is 1. The Balaban J connectivity index is 1.78. The van der Waals surface area contributed by atoms with Crippen molar-refractivity contribution in [3.05, 3.63) is 87.4 Å². The van der Waals surface area contributed by atoms with Gasteiger partial charge in [-0.3, -0.25) is 4.79 Å². The molecule has 0 saturated heterocycles. The van der Waals surface area contributed by atoms with Gasteiger partial charge in [-0.2, -0.15) is 0 Å². The first kappa shape index (κ1) is 18.0. The van der Waals surface area contributed by atoms with Gasteiger partial charge in [0.15, 0.2) is 0 Å². The number of furan rings is 2. The molecular weight excluding hydrogens is 449 g/mol. The fourth-order valence-corrected chi connectivity index (χ4v) is 2.74. The number of ether oxygens (including phenoxy) is 1. The zero-order valence-corrected chi connectivity index (χ0v) is 15.6. The Hall–Kier alpha value is -2.81. The Morgan fingerprint density at radius 2 is 1.81 bits per heavy atom. The minimum absolute atomic E-state index is 0.0313. The quantitative estimate of drug-likeness (QED) is 0.340. The summed E-state index contributed by atoms with van der Waals surface area (Å²) in [4.78, 5) is 25.0. The van der Waals surface area contributed by atoms with Crippen molar-refractivity contribution in [2.45, 2.75) is 6.61 Å². The van der Waals surface area contributed by atoms with E-state index < -0.39 is 11.9 Å². The van der Waals surface area contributed by atoms with Gasteiger partial charge < -0.3 is 18.9 Å². The summed E-state index contributed by atoms with van der Waals surface area (Å²) in [5, 5.41) is 2.59. The summed E-state index contributed by atoms with van der Waals surface area (Å²) in [7, 11) is 0. The maximum Gasteiger partial charge on any atom is 0.355 e. The number of amides is 1. The van der Waals surface area contributed by atoms with Crippen LogP contribution < -0.4 is 5.32 Å². The molecule has 0 aliphatic heterocycles. The predicted octanol–water partition coefficient (Wildman–Crippen LogP) is 3.99. The number of halogens is 1. The Labute approximate surface area is 163 Å². The molecule has 1 amide bonds. The predicted molar refractivity (Wildman–Crippen MR) is 102 cm³/mol. The van der Waals surface area contributed by atoms with Crippen molar-refractivity contribution in [2.24, 2.45) is 0 Å². The van der Waals surface area contributed by atoms with Crippen molar-refractivity contribution in [3.63, 3.8) is 0 Å². The summed E-state index contributed by atoms with van der Waals surface area (Å²) in [5.74, 6) is -0.197. The molecule has 2 heterocycles. The Morgan fingerprint density at radius 3 is 2.50 bits per heavy atom. The molecule has 3 aromatic rings. The molecule has 6 nitrogen and oxygen atoms in total. The van der Waals surface area contributed by atoms with Gasteiger partial charge in [-0.15, -0.1) is 0 Å². The monoisotopic (exact) mass is 463 g/mol. The molecular formula is C19H14INO5. The first-order valence-corrected chi connectivity index (χ1v) is 8.72. The molecule has 1 N–H and O–H groups in total. The van der Waals surface area contributed by atoms with E-state index in [4.69, 9.17) is 13.6 Å². The highest BCUT2D eigenvalue weighted by atomic mass is 127. The average molecular weight is 463 g/mol. The van der Waals surface area contributed by atoms with Gasteiger partial charge in [-0.25, -0.2) is 4.79 Å². The van der Waals surface area contributed by atoms with Gasteiger partial charge in [0.05, 0.1) is 18.1 Å². The number of carbonyl (C=O) groups is 2. The van der Waals surface area contributed by atoms with Crippen molar-refractivity contribution >= 4 is 40.5 Å². The van der Waals surface area contributed by atoms with Crippen LogP contribution in [0.25, 0.3) is 6.08 Å². The van der Waals surface area contributed by atoms with Crippen LogP contribution in [0.5, 0.6) is 0 Å². The summed E-state index contributed by atoms with van der Waals surface area (Å²) in [6.07, 6.45) is 4.37. The van der Waals surface area contributed by atoms with Gasteiger partial charge in [0, 0.05) is 9.65 Å². The molecule has 132 valence electrons. The maximum atomic E-state index is 12.5. The molecule has 0 spiro atoms. The van der Waals surface area contributed by atoms with Crippen LogP contribution in [0.3, 0.4) is 0 Å². The van der Waals surface area contributed by atoms with E-state index in [1.165, 1.54) is 18.6 Å². The SMILES string of the molecule is O=C(OCc1ccco1)C(=Cc1ccco1)NC(=O)c1ccccc1I. The second-order valence-electron chi connectivity index (χ2n) is 5.16. The third-order valence-electron chi connectivity index (χ3n) is 3.34. The van der Waals surface area contributed by atoms with E-state index >= 15 is 0 Å². The first-order chi connectivity index (χ1) is 12.6. The zero-order chi connectivity index (χ0) is 18.4. The average Bonchev–Trinajstić information content (AvgIpc) is 3.33. The van der Waals surface area contributed by atoms with Gasteiger partial charge in [0.25, 0.3) is 5.91 Å². The van der Waals surface area contributed by atoms with Crippen LogP contribution in [0.4, 0.5) is 0 Å². The van der Waals surface area contributed by atoms with Crippen LogP contribution in [0, 0.1) is 3.57 Å². The lowest BCUT2D eigenvalue weighted by atomic mass is 10.2. The van der Waals surface area contributed by atoms with Gasteiger partial charge in [0.2, 0.25) is 0 Å². The van der Waals surface area contributed by atoms with Gasteiger partial charge in [0.1, 0.15) is 23.8 Å². The van der Waals surface area contributed by atoms with Crippen molar-refractivity contribution in [1.82, 2.24) is 5.32 Å². The Bertz CT molecular complexity index is 913. The van der Waals surface area contributed by atoms with Crippen LogP contribution in [-0.2, 0) is 16.1 Å². The minimum atomic E-state index is -0.697. The number of esters is 1. The first-order valence-electron chi connectivity index (χ1n) is 7.64. The summed E-state index contributed by atoms with van der Waals surface area (Å²) in [6, 6.07) is 13.8. The number of carbonyl (C=O) groups excluding carboxylic acids is 2. The summed E-state index contributed by atoms with van der Waals surface area (Å²) < 4.78 is 16.3. The molecule has 2 aromatic heterocycles. The molecule has 0 aliphatic carbocycles. The van der Waals surface area contributed by atoms with Crippen LogP contribution in [0.15, 0.2) is 75.6 Å². The molecule has 0 aliphatic rings. The molecule has 26 heavy (non-hydrogen) atoms. The van der Waals surface area contributed by atoms with Crippen LogP contribution in [0.1, 0.15) is 21.9 Å². The summed E-state index contributed by atoms with van der Waals surface area (Å²) in [5.41, 5.74) is 0.424. The molecule has 0 saturated carbocycles. The fraction of sp³-hybridized carbons (Fsp3) is 0.0526. The van der Waals surface area contributed by atoms with Gasteiger partial charge >= 0.3 is 5.97 Å². The third-order valence-corrected chi connectivity index (χ3v) is 4.28. The molecule has 0 radical (unpaired) electrons. The number of benzene rings is 1. The standard InChI is InChI=1S/C19H14INO5/c20-16-8-2-1-7-15(16)18(22)21-17(11-13-5-3-9-24-13)19(23)26-12-14-6-4-10-25-14/h1-11H,12H2,(H,21,22). The molecule has 7 heteroatoms. The van der Waals surface area contributed by atoms with Crippen molar-refractivity contribution < 1.29 is 23.2 Å². The maximum absolute atomic E-state index is 12.5. The lowest BCUT2D eigenvalue weighted by Crippen LogP contribution is -2.29. The van der Waals surface area contributed by atoms with E-state index in [0.29, 0.717) is 17.1 Å². The zero-order valence-electron chi connectivity index (χ0n) is 13.5. The minimum Gasteiger partial charge on any atom is -0.466 e. The molecule has 3 rings (SSSR count). The van der Waals surface area contributed by atoms with Gasteiger partial charge in [-0.05, 0) is 59.0 Å². The highest BCUT2D eigenvalue weighted by Gasteiger charge is 2.18. The van der Waals surface area contributed by atoms with Crippen molar-refractivity contribution in [2.75, 3.05) is 0 Å². The van der Waals surface area contributed by atoms with Gasteiger partial charge in [-0.1, -0.05) is 12.1 Å². The lowest BCUT2D eigenvalue weighted by Gasteiger charge is -2.10. The third kappa shape index (κ3) is 4.63. The lowest BCUT2D eigenvalue weighted by molar-refractivity contribution is -0.141. The molecule has 0 unspecified atom stereocenters. The topological polar surface area (TPSA) is 81.7 Å². The largest absolute Gasteiger partial charge is 0.466 e. The van der Waals surface area contributed by atoms with E-state index in [2.05, 4.69) is 27.9 Å². The van der Waals surface area contributed by atoms with E-state index in [1.807, 2.05) is 6.07 Å². The second-order valence-corrected chi connectivity index (χ2v) is 6.33. The second kappa shape index (κ2) is 8.52. The number of hydrogen-bond acceptors (Lipinski definition) is 5. The Morgan fingerprint density at radius 1 is 1.04 bits per heavy atom. The molecule has 0 fully saturated rings. The van der Waals surface area contributed by atoms with Crippen LogP contribution >= 0.6 is 22.6 Å². The van der Waals surface area contributed by atoms with Crippen molar-refractivity contribution in [3.8, 4) is 0 Å². The number of hydrogen-bond donors (Lipinski definition) is 1. The van der Waals surface area contributed by atoms with E-state index in [0.717, 1.165) is 3.57 Å². The van der Waals surface area contributed by atoms with Crippen LogP contribution in [0.2, 0.25) is 0 Å². The Kier molecular flexibility index (Phi) is 5.90. The molecule has 1 aromatic carbocycles.